The maximum absolute atomic E-state index is 13.1. The molecule has 27 heavy (non-hydrogen) atoms. The van der Waals surface area contributed by atoms with Gasteiger partial charge in [-0.25, -0.2) is 19.0 Å². The molecule has 0 saturated heterocycles. The number of aryl methyl sites for hydroxylation is 1. The number of H-pyrrole nitrogens is 1. The molecular weight excluding hydrogens is 367 g/mol. The molecular formula is C19H15FN4O2S. The minimum absolute atomic E-state index is 0.259. The fraction of sp³-hybridized carbons (Fsp3) is 0.105. The Labute approximate surface area is 157 Å². The van der Waals surface area contributed by atoms with E-state index in [1.54, 1.807) is 14.0 Å². The number of nitrogens with one attached hydrogen (secondary N) is 1. The lowest BCUT2D eigenvalue weighted by Gasteiger charge is -2.00. The molecule has 0 aliphatic rings. The van der Waals surface area contributed by atoms with Crippen LogP contribution in [0.15, 0.2) is 52.3 Å². The second-order valence-electron chi connectivity index (χ2n) is 5.86. The fourth-order valence-electron chi connectivity index (χ4n) is 2.68. The van der Waals surface area contributed by atoms with Gasteiger partial charge in [-0.05, 0) is 49.4 Å². The zero-order valence-corrected chi connectivity index (χ0v) is 15.4. The Balaban J connectivity index is 1.68. The molecule has 4 aromatic rings. The third kappa shape index (κ3) is 3.26. The van der Waals surface area contributed by atoms with Crippen LogP contribution in [0.3, 0.4) is 0 Å². The van der Waals surface area contributed by atoms with Gasteiger partial charge in [0.2, 0.25) is 5.13 Å². The van der Waals surface area contributed by atoms with Crippen LogP contribution in [0.1, 0.15) is 11.3 Å². The van der Waals surface area contributed by atoms with Crippen LogP contribution < -0.4 is 10.3 Å². The van der Waals surface area contributed by atoms with Crippen molar-refractivity contribution in [2.24, 2.45) is 4.99 Å². The number of hydrogen-bond acceptors (Lipinski definition) is 5. The zero-order chi connectivity index (χ0) is 19.0. The highest BCUT2D eigenvalue weighted by molar-refractivity contribution is 7.22. The molecule has 0 fully saturated rings. The first kappa shape index (κ1) is 17.2. The molecule has 136 valence electrons. The summed E-state index contributed by atoms with van der Waals surface area (Å²) in [5.41, 5.74) is 2.20. The van der Waals surface area contributed by atoms with Crippen molar-refractivity contribution in [3.05, 3.63) is 69.9 Å². The quantitative estimate of drug-likeness (QED) is 0.543. The zero-order valence-electron chi connectivity index (χ0n) is 14.6. The van der Waals surface area contributed by atoms with Crippen LogP contribution in [-0.2, 0) is 0 Å². The monoisotopic (exact) mass is 382 g/mol. The minimum atomic E-state index is -0.357. The van der Waals surface area contributed by atoms with Gasteiger partial charge in [-0.2, -0.15) is 0 Å². The SMILES string of the molecule is COc1ccc2nc(N=Cc3c(C)[nH]n(-c4ccc(F)cc4)c3=O)sc2c1. The number of thiazole rings is 1. The van der Waals surface area contributed by atoms with E-state index in [9.17, 15) is 9.18 Å². The molecule has 0 saturated carbocycles. The van der Waals surface area contributed by atoms with Crippen molar-refractivity contribution < 1.29 is 9.13 Å². The van der Waals surface area contributed by atoms with E-state index < -0.39 is 0 Å². The number of halogens is 1. The molecule has 2 aromatic heterocycles. The predicted molar refractivity (Wildman–Crippen MR) is 105 cm³/mol. The highest BCUT2D eigenvalue weighted by Gasteiger charge is 2.11. The maximum atomic E-state index is 13.1. The topological polar surface area (TPSA) is 72.3 Å². The van der Waals surface area contributed by atoms with E-state index >= 15 is 0 Å². The van der Waals surface area contributed by atoms with E-state index in [1.165, 1.54) is 46.5 Å². The van der Waals surface area contributed by atoms with Crippen molar-refractivity contribution in [2.75, 3.05) is 7.11 Å². The number of fused-ring (bicyclic) bond motifs is 1. The van der Waals surface area contributed by atoms with E-state index in [4.69, 9.17) is 4.74 Å². The summed E-state index contributed by atoms with van der Waals surface area (Å²) in [4.78, 5) is 21.5. The number of benzene rings is 2. The molecule has 0 atom stereocenters. The Hall–Kier alpha value is -3.26. The summed E-state index contributed by atoms with van der Waals surface area (Å²) in [6, 6.07) is 11.3. The lowest BCUT2D eigenvalue weighted by Crippen LogP contribution is -2.17. The number of aliphatic imine (C=N–C) groups is 1. The number of aromatic nitrogens is 3. The largest absolute Gasteiger partial charge is 0.497 e. The molecule has 0 spiro atoms. The normalized spacial score (nSPS) is 11.5. The molecule has 0 unspecified atom stereocenters. The molecule has 0 bridgehead atoms. The first-order valence-electron chi connectivity index (χ1n) is 8.11. The first-order chi connectivity index (χ1) is 13.0. The molecule has 2 heterocycles. The van der Waals surface area contributed by atoms with Crippen LogP contribution >= 0.6 is 11.3 Å². The van der Waals surface area contributed by atoms with E-state index in [0.29, 0.717) is 22.1 Å². The third-order valence-electron chi connectivity index (χ3n) is 4.09. The van der Waals surface area contributed by atoms with Gasteiger partial charge in [0.1, 0.15) is 11.6 Å². The summed E-state index contributed by atoms with van der Waals surface area (Å²) < 4.78 is 20.6. The van der Waals surface area contributed by atoms with Gasteiger partial charge in [0.25, 0.3) is 5.56 Å². The molecule has 6 nitrogen and oxygen atoms in total. The number of rotatable bonds is 4. The van der Waals surface area contributed by atoms with Gasteiger partial charge in [0.15, 0.2) is 0 Å². The first-order valence-corrected chi connectivity index (χ1v) is 8.93. The van der Waals surface area contributed by atoms with E-state index in [0.717, 1.165) is 16.0 Å². The average molecular weight is 382 g/mol. The van der Waals surface area contributed by atoms with Crippen LogP contribution in [0.5, 0.6) is 5.75 Å². The van der Waals surface area contributed by atoms with Crippen LogP contribution in [0.4, 0.5) is 9.52 Å². The van der Waals surface area contributed by atoms with Gasteiger partial charge < -0.3 is 4.74 Å². The summed E-state index contributed by atoms with van der Waals surface area (Å²) >= 11 is 1.41. The van der Waals surface area contributed by atoms with E-state index in [2.05, 4.69) is 15.1 Å². The van der Waals surface area contributed by atoms with Gasteiger partial charge in [0, 0.05) is 11.9 Å². The second-order valence-corrected chi connectivity index (χ2v) is 6.86. The number of nitrogens with zero attached hydrogens (tertiary/aromatic N) is 3. The Kier molecular flexibility index (Phi) is 4.33. The molecule has 4 rings (SSSR count). The lowest BCUT2D eigenvalue weighted by molar-refractivity contribution is 0.415. The van der Waals surface area contributed by atoms with Crippen LogP contribution in [0.25, 0.3) is 15.9 Å². The maximum Gasteiger partial charge on any atom is 0.280 e. The van der Waals surface area contributed by atoms with Gasteiger partial charge in [0.05, 0.1) is 28.6 Å². The Bertz CT molecular complexity index is 1200. The van der Waals surface area contributed by atoms with Crippen LogP contribution in [-0.4, -0.2) is 28.1 Å². The van der Waals surface area contributed by atoms with Crippen molar-refractivity contribution in [1.29, 1.82) is 0 Å². The summed E-state index contributed by atoms with van der Waals surface area (Å²) in [5.74, 6) is 0.398. The van der Waals surface area contributed by atoms with Gasteiger partial charge in [-0.3, -0.25) is 9.89 Å². The standard InChI is InChI=1S/C19H15FN4O2S/c1-11-15(18(25)24(23-11)13-5-3-12(20)4-6-13)10-21-19-22-16-8-7-14(26-2)9-17(16)27-19/h3-10,23H,1-2H3. The van der Waals surface area contributed by atoms with E-state index in [-0.39, 0.29) is 11.4 Å². The van der Waals surface area contributed by atoms with Crippen molar-refractivity contribution in [2.45, 2.75) is 6.92 Å². The molecule has 2 aromatic carbocycles. The Morgan fingerprint density at radius 3 is 2.78 bits per heavy atom. The summed E-state index contributed by atoms with van der Waals surface area (Å²) in [5, 5.41) is 3.53. The highest BCUT2D eigenvalue weighted by Crippen LogP contribution is 2.30. The van der Waals surface area contributed by atoms with Crippen molar-refractivity contribution in [1.82, 2.24) is 14.8 Å². The molecule has 0 amide bonds. The fourth-order valence-corrected chi connectivity index (χ4v) is 3.52. The van der Waals surface area contributed by atoms with Gasteiger partial charge in [-0.1, -0.05) is 11.3 Å². The summed E-state index contributed by atoms with van der Waals surface area (Å²) in [7, 11) is 1.61. The van der Waals surface area contributed by atoms with Crippen molar-refractivity contribution in [3.63, 3.8) is 0 Å². The number of hydrogen-bond donors (Lipinski definition) is 1. The molecule has 0 radical (unpaired) electrons. The van der Waals surface area contributed by atoms with Gasteiger partial charge >= 0.3 is 0 Å². The molecule has 0 aliphatic heterocycles. The van der Waals surface area contributed by atoms with E-state index in [1.807, 2.05) is 18.2 Å². The highest BCUT2D eigenvalue weighted by atomic mass is 32.1. The van der Waals surface area contributed by atoms with Gasteiger partial charge in [-0.15, -0.1) is 0 Å². The predicted octanol–water partition coefficient (Wildman–Crippen LogP) is 3.98. The van der Waals surface area contributed by atoms with Crippen molar-refractivity contribution >= 4 is 32.9 Å². The minimum Gasteiger partial charge on any atom is -0.497 e. The average Bonchev–Trinajstić information content (AvgIpc) is 3.20. The third-order valence-corrected chi connectivity index (χ3v) is 5.02. The summed E-state index contributed by atoms with van der Waals surface area (Å²) in [6.07, 6.45) is 1.50. The molecule has 0 aliphatic carbocycles. The van der Waals surface area contributed by atoms with Crippen molar-refractivity contribution in [3.8, 4) is 11.4 Å². The number of methoxy groups -OCH3 is 1. The second kappa shape index (κ2) is 6.81. The summed E-state index contributed by atoms with van der Waals surface area (Å²) in [6.45, 7) is 1.78. The van der Waals surface area contributed by atoms with Crippen LogP contribution in [0, 0.1) is 12.7 Å². The Morgan fingerprint density at radius 2 is 2.04 bits per heavy atom. The molecule has 1 N–H and O–H groups in total. The van der Waals surface area contributed by atoms with Crippen LogP contribution in [0.2, 0.25) is 0 Å². The number of aromatic amines is 1. The smallest absolute Gasteiger partial charge is 0.280 e. The Morgan fingerprint density at radius 1 is 1.26 bits per heavy atom. The molecule has 8 heteroatoms. The lowest BCUT2D eigenvalue weighted by atomic mass is 10.3. The number of ether oxygens (including phenoxy) is 1.